The van der Waals surface area contributed by atoms with Gasteiger partial charge in [0, 0.05) is 32.0 Å². The second-order valence-electron chi connectivity index (χ2n) is 4.12. The van der Waals surface area contributed by atoms with E-state index in [2.05, 4.69) is 16.4 Å². The molecule has 5 nitrogen and oxygen atoms in total. The molecular weight excluding hydrogens is 240 g/mol. The summed E-state index contributed by atoms with van der Waals surface area (Å²) >= 11 is 0. The van der Waals surface area contributed by atoms with E-state index in [9.17, 15) is 0 Å². The average molecular weight is 256 g/mol. The Labute approximate surface area is 112 Å². The highest BCUT2D eigenvalue weighted by Gasteiger charge is 2.03. The molecule has 1 heterocycles. The number of rotatable bonds is 6. The maximum atomic E-state index is 9.01. The van der Waals surface area contributed by atoms with Gasteiger partial charge in [0.05, 0.1) is 19.0 Å². The van der Waals surface area contributed by atoms with Gasteiger partial charge < -0.3 is 14.6 Å². The summed E-state index contributed by atoms with van der Waals surface area (Å²) in [6.45, 7) is 2.46. The molecule has 1 aromatic carbocycles. The van der Waals surface area contributed by atoms with E-state index in [0.717, 1.165) is 25.2 Å². The summed E-state index contributed by atoms with van der Waals surface area (Å²) in [5.74, 6) is 0.615. The van der Waals surface area contributed by atoms with Crippen molar-refractivity contribution in [3.63, 3.8) is 0 Å². The predicted octanol–water partition coefficient (Wildman–Crippen LogP) is 1.55. The Morgan fingerprint density at radius 3 is 3.05 bits per heavy atom. The number of ether oxygens (including phenoxy) is 1. The van der Waals surface area contributed by atoms with Crippen molar-refractivity contribution in [2.75, 3.05) is 13.7 Å². The molecule has 2 aromatic rings. The molecule has 19 heavy (non-hydrogen) atoms. The third kappa shape index (κ3) is 3.57. The second-order valence-corrected chi connectivity index (χ2v) is 4.12. The Morgan fingerprint density at radius 2 is 2.37 bits per heavy atom. The minimum absolute atomic E-state index is 0.566. The van der Waals surface area contributed by atoms with Crippen LogP contribution in [0, 0.1) is 11.3 Å². The van der Waals surface area contributed by atoms with E-state index < -0.39 is 0 Å². The van der Waals surface area contributed by atoms with Crippen LogP contribution in [-0.2, 0) is 13.1 Å². The molecular formula is C14H16N4O. The smallest absolute Gasteiger partial charge is 0.136 e. The molecule has 0 saturated carbocycles. The molecule has 98 valence electrons. The lowest BCUT2D eigenvalue weighted by Gasteiger charge is -2.08. The highest BCUT2D eigenvalue weighted by molar-refractivity contribution is 5.45. The Hall–Kier alpha value is -2.32. The summed E-state index contributed by atoms with van der Waals surface area (Å²) in [5, 5.41) is 12.3. The first-order valence-corrected chi connectivity index (χ1v) is 6.07. The van der Waals surface area contributed by atoms with Crippen molar-refractivity contribution in [1.29, 1.82) is 5.26 Å². The number of hydrogen-bond acceptors (Lipinski definition) is 4. The summed E-state index contributed by atoms with van der Waals surface area (Å²) in [6, 6.07) is 7.77. The normalized spacial score (nSPS) is 10.1. The van der Waals surface area contributed by atoms with Crippen molar-refractivity contribution in [2.24, 2.45) is 0 Å². The van der Waals surface area contributed by atoms with Crippen LogP contribution in [0.5, 0.6) is 5.75 Å². The summed E-state index contributed by atoms with van der Waals surface area (Å²) in [7, 11) is 1.57. The molecule has 1 aromatic heterocycles. The fraction of sp³-hybridized carbons (Fsp3) is 0.286. The Kier molecular flexibility index (Phi) is 4.54. The van der Waals surface area contributed by atoms with Gasteiger partial charge in [0.25, 0.3) is 0 Å². The molecule has 0 spiro atoms. The van der Waals surface area contributed by atoms with Gasteiger partial charge in [0.1, 0.15) is 11.8 Å². The number of aromatic nitrogens is 2. The number of hydrogen-bond donors (Lipinski definition) is 1. The highest BCUT2D eigenvalue weighted by atomic mass is 16.5. The lowest BCUT2D eigenvalue weighted by molar-refractivity contribution is 0.413. The number of nitriles is 1. The van der Waals surface area contributed by atoms with Crippen LogP contribution in [0.2, 0.25) is 0 Å². The third-order valence-electron chi connectivity index (χ3n) is 2.82. The van der Waals surface area contributed by atoms with E-state index in [1.807, 2.05) is 29.0 Å². The van der Waals surface area contributed by atoms with Crippen LogP contribution < -0.4 is 10.1 Å². The Balaban J connectivity index is 1.84. The molecule has 0 aliphatic heterocycles. The van der Waals surface area contributed by atoms with Crippen molar-refractivity contribution in [2.45, 2.75) is 13.1 Å². The number of imidazole rings is 1. The van der Waals surface area contributed by atoms with E-state index in [-0.39, 0.29) is 0 Å². The molecule has 0 saturated heterocycles. The maximum absolute atomic E-state index is 9.01. The van der Waals surface area contributed by atoms with Gasteiger partial charge in [-0.15, -0.1) is 0 Å². The van der Waals surface area contributed by atoms with Crippen LogP contribution in [0.15, 0.2) is 36.9 Å². The van der Waals surface area contributed by atoms with Gasteiger partial charge in [-0.25, -0.2) is 4.98 Å². The van der Waals surface area contributed by atoms with Gasteiger partial charge in [0.2, 0.25) is 0 Å². The Morgan fingerprint density at radius 1 is 1.47 bits per heavy atom. The lowest BCUT2D eigenvalue weighted by atomic mass is 10.1. The molecule has 1 N–H and O–H groups in total. The molecule has 5 heteroatoms. The molecule has 0 unspecified atom stereocenters. The number of methoxy groups -OCH3 is 1. The van der Waals surface area contributed by atoms with Crippen LogP contribution in [0.1, 0.15) is 11.1 Å². The predicted molar refractivity (Wildman–Crippen MR) is 71.6 cm³/mol. The first-order valence-electron chi connectivity index (χ1n) is 6.07. The topological polar surface area (TPSA) is 62.9 Å². The van der Waals surface area contributed by atoms with Gasteiger partial charge in [-0.3, -0.25) is 0 Å². The number of nitrogens with zero attached hydrogens (tertiary/aromatic N) is 3. The van der Waals surface area contributed by atoms with Crippen LogP contribution in [0.3, 0.4) is 0 Å². The zero-order valence-electron chi connectivity index (χ0n) is 10.8. The van der Waals surface area contributed by atoms with Crippen molar-refractivity contribution in [3.05, 3.63) is 48.0 Å². The fourth-order valence-corrected chi connectivity index (χ4v) is 1.81. The Bertz CT molecular complexity index is 557. The average Bonchev–Trinajstić information content (AvgIpc) is 2.96. The van der Waals surface area contributed by atoms with Crippen LogP contribution in [0.4, 0.5) is 0 Å². The van der Waals surface area contributed by atoms with Gasteiger partial charge >= 0.3 is 0 Å². The van der Waals surface area contributed by atoms with Crippen molar-refractivity contribution in [1.82, 2.24) is 14.9 Å². The van der Waals surface area contributed by atoms with E-state index in [1.165, 1.54) is 0 Å². The molecule has 0 aliphatic rings. The summed E-state index contributed by atoms with van der Waals surface area (Å²) in [4.78, 5) is 3.99. The number of nitrogens with one attached hydrogen (secondary N) is 1. The summed E-state index contributed by atoms with van der Waals surface area (Å²) < 4.78 is 7.13. The van der Waals surface area contributed by atoms with E-state index >= 15 is 0 Å². The van der Waals surface area contributed by atoms with Crippen LogP contribution in [0.25, 0.3) is 0 Å². The number of benzene rings is 1. The van der Waals surface area contributed by atoms with E-state index in [0.29, 0.717) is 11.3 Å². The monoisotopic (exact) mass is 256 g/mol. The summed E-state index contributed by atoms with van der Waals surface area (Å²) in [6.07, 6.45) is 5.49. The van der Waals surface area contributed by atoms with Crippen molar-refractivity contribution >= 4 is 0 Å². The highest BCUT2D eigenvalue weighted by Crippen LogP contribution is 2.18. The minimum Gasteiger partial charge on any atom is -0.495 e. The van der Waals surface area contributed by atoms with Gasteiger partial charge in [0.15, 0.2) is 0 Å². The largest absolute Gasteiger partial charge is 0.495 e. The van der Waals surface area contributed by atoms with Gasteiger partial charge in [-0.05, 0) is 17.7 Å². The van der Waals surface area contributed by atoms with Crippen LogP contribution >= 0.6 is 0 Å². The molecule has 0 fully saturated rings. The van der Waals surface area contributed by atoms with Gasteiger partial charge in [-0.1, -0.05) is 6.07 Å². The molecule has 0 bridgehead atoms. The molecule has 0 atom stereocenters. The first-order chi connectivity index (χ1) is 9.33. The molecule has 0 aliphatic carbocycles. The summed E-state index contributed by atoms with van der Waals surface area (Å²) in [5.41, 5.74) is 1.64. The molecule has 2 rings (SSSR count). The lowest BCUT2D eigenvalue weighted by Crippen LogP contribution is -2.19. The quantitative estimate of drug-likeness (QED) is 0.797. The standard InChI is InChI=1S/C14H16N4O/c1-19-14-3-2-12(8-13(14)9-15)10-16-4-6-18-7-5-17-11-18/h2-3,5,7-8,11,16H,4,6,10H2,1H3. The first kappa shape index (κ1) is 13.1. The van der Waals surface area contributed by atoms with Crippen LogP contribution in [-0.4, -0.2) is 23.2 Å². The zero-order chi connectivity index (χ0) is 13.5. The maximum Gasteiger partial charge on any atom is 0.136 e. The third-order valence-corrected chi connectivity index (χ3v) is 2.82. The SMILES string of the molecule is COc1ccc(CNCCn2ccnc2)cc1C#N. The van der Waals surface area contributed by atoms with Gasteiger partial charge in [-0.2, -0.15) is 5.26 Å². The molecule has 0 radical (unpaired) electrons. The van der Waals surface area contributed by atoms with E-state index in [4.69, 9.17) is 10.00 Å². The zero-order valence-corrected chi connectivity index (χ0v) is 10.8. The minimum atomic E-state index is 0.566. The van der Waals surface area contributed by atoms with Crippen molar-refractivity contribution in [3.8, 4) is 11.8 Å². The second kappa shape index (κ2) is 6.57. The van der Waals surface area contributed by atoms with Crippen molar-refractivity contribution < 1.29 is 4.74 Å². The van der Waals surface area contributed by atoms with E-state index in [1.54, 1.807) is 19.6 Å². The molecule has 0 amide bonds. The fourth-order valence-electron chi connectivity index (χ4n) is 1.81.